The van der Waals surface area contributed by atoms with Crippen molar-refractivity contribution < 1.29 is 22.7 Å². The standard InChI is InChI=1S/C15H20N2O5S/c18-15(12-4-5-13-14(10-12)22-11-21-13)16-6-3-8-17-7-1-2-9-23(17,19)20/h4-5,10H,1-3,6-9,11H2,(H,16,18). The lowest BCUT2D eigenvalue weighted by Gasteiger charge is -2.26. The molecule has 1 N–H and O–H groups in total. The number of hydrogen-bond acceptors (Lipinski definition) is 5. The van der Waals surface area contributed by atoms with Crippen molar-refractivity contribution in [2.24, 2.45) is 0 Å². The predicted molar refractivity (Wildman–Crippen MR) is 84.1 cm³/mol. The quantitative estimate of drug-likeness (QED) is 0.807. The summed E-state index contributed by atoms with van der Waals surface area (Å²) in [6.07, 6.45) is 2.23. The van der Waals surface area contributed by atoms with E-state index in [-0.39, 0.29) is 18.5 Å². The zero-order chi connectivity index (χ0) is 16.3. The Hall–Kier alpha value is -1.80. The average Bonchev–Trinajstić information content (AvgIpc) is 2.99. The van der Waals surface area contributed by atoms with Crippen molar-refractivity contribution in [3.05, 3.63) is 23.8 Å². The molecule has 1 amide bonds. The fraction of sp³-hybridized carbons (Fsp3) is 0.533. The van der Waals surface area contributed by atoms with E-state index in [4.69, 9.17) is 9.47 Å². The first-order valence-corrected chi connectivity index (χ1v) is 9.33. The Morgan fingerprint density at radius 3 is 2.87 bits per heavy atom. The first kappa shape index (κ1) is 16.1. The van der Waals surface area contributed by atoms with Crippen LogP contribution in [0.3, 0.4) is 0 Å². The van der Waals surface area contributed by atoms with Gasteiger partial charge in [-0.2, -0.15) is 0 Å². The summed E-state index contributed by atoms with van der Waals surface area (Å²) in [5.41, 5.74) is 0.500. The minimum Gasteiger partial charge on any atom is -0.454 e. The van der Waals surface area contributed by atoms with Crippen LogP contribution in [0.2, 0.25) is 0 Å². The molecule has 2 aliphatic heterocycles. The van der Waals surface area contributed by atoms with Crippen molar-refractivity contribution in [2.45, 2.75) is 19.3 Å². The van der Waals surface area contributed by atoms with Gasteiger partial charge < -0.3 is 14.8 Å². The molecule has 0 bridgehead atoms. The molecule has 8 heteroatoms. The number of rotatable bonds is 5. The molecule has 1 fully saturated rings. The summed E-state index contributed by atoms with van der Waals surface area (Å²) in [6, 6.07) is 5.03. The minimum atomic E-state index is -3.09. The van der Waals surface area contributed by atoms with Crippen LogP contribution in [0.1, 0.15) is 29.6 Å². The maximum atomic E-state index is 12.1. The van der Waals surface area contributed by atoms with Gasteiger partial charge >= 0.3 is 0 Å². The molecule has 0 spiro atoms. The molecule has 1 aromatic rings. The molecular formula is C15H20N2O5S. The van der Waals surface area contributed by atoms with Crippen LogP contribution in [0.4, 0.5) is 0 Å². The number of carbonyl (C=O) groups is 1. The highest BCUT2D eigenvalue weighted by atomic mass is 32.2. The Morgan fingerprint density at radius 2 is 2.04 bits per heavy atom. The van der Waals surface area contributed by atoms with Crippen LogP contribution in [-0.4, -0.2) is 50.8 Å². The van der Waals surface area contributed by atoms with E-state index in [1.807, 2.05) is 0 Å². The lowest BCUT2D eigenvalue weighted by atomic mass is 10.2. The highest BCUT2D eigenvalue weighted by Crippen LogP contribution is 2.32. The van der Waals surface area contributed by atoms with Crippen LogP contribution < -0.4 is 14.8 Å². The summed E-state index contributed by atoms with van der Waals surface area (Å²) in [4.78, 5) is 12.1. The molecule has 0 saturated carbocycles. The number of nitrogens with zero attached hydrogens (tertiary/aromatic N) is 1. The number of benzene rings is 1. The highest BCUT2D eigenvalue weighted by Gasteiger charge is 2.25. The molecule has 7 nitrogen and oxygen atoms in total. The number of hydrogen-bond donors (Lipinski definition) is 1. The normalized spacial score (nSPS) is 19.5. The molecule has 0 atom stereocenters. The van der Waals surface area contributed by atoms with Crippen LogP contribution >= 0.6 is 0 Å². The maximum absolute atomic E-state index is 12.1. The summed E-state index contributed by atoms with van der Waals surface area (Å²) >= 11 is 0. The zero-order valence-corrected chi connectivity index (χ0v) is 13.6. The predicted octanol–water partition coefficient (Wildman–Crippen LogP) is 0.961. The van der Waals surface area contributed by atoms with E-state index < -0.39 is 10.0 Å². The fourth-order valence-electron chi connectivity index (χ4n) is 2.69. The number of sulfonamides is 1. The van der Waals surface area contributed by atoms with Crippen molar-refractivity contribution >= 4 is 15.9 Å². The van der Waals surface area contributed by atoms with E-state index in [0.717, 1.165) is 12.8 Å². The largest absolute Gasteiger partial charge is 0.454 e. The molecule has 0 aliphatic carbocycles. The molecule has 23 heavy (non-hydrogen) atoms. The second-order valence-electron chi connectivity index (χ2n) is 5.60. The second kappa shape index (κ2) is 6.76. The van der Waals surface area contributed by atoms with Gasteiger partial charge in [-0.1, -0.05) is 0 Å². The minimum absolute atomic E-state index is 0.171. The van der Waals surface area contributed by atoms with E-state index in [9.17, 15) is 13.2 Å². The number of fused-ring (bicyclic) bond motifs is 1. The monoisotopic (exact) mass is 340 g/mol. The van der Waals surface area contributed by atoms with Crippen LogP contribution in [-0.2, 0) is 10.0 Å². The Labute approximate surface area is 135 Å². The van der Waals surface area contributed by atoms with Gasteiger partial charge in [0, 0.05) is 25.2 Å². The average molecular weight is 340 g/mol. The summed E-state index contributed by atoms with van der Waals surface area (Å²) in [5, 5.41) is 2.80. The maximum Gasteiger partial charge on any atom is 0.251 e. The van der Waals surface area contributed by atoms with Gasteiger partial charge in [-0.3, -0.25) is 4.79 Å². The third kappa shape index (κ3) is 3.76. The van der Waals surface area contributed by atoms with Gasteiger partial charge in [0.1, 0.15) is 0 Å². The van der Waals surface area contributed by atoms with Gasteiger partial charge in [-0.25, -0.2) is 12.7 Å². The van der Waals surface area contributed by atoms with Gasteiger partial charge in [-0.15, -0.1) is 0 Å². The lowest BCUT2D eigenvalue weighted by Crippen LogP contribution is -2.39. The smallest absolute Gasteiger partial charge is 0.251 e. The summed E-state index contributed by atoms with van der Waals surface area (Å²) < 4.78 is 35.7. The van der Waals surface area contributed by atoms with Gasteiger partial charge in [0.2, 0.25) is 16.8 Å². The molecule has 3 rings (SSSR count). The highest BCUT2D eigenvalue weighted by molar-refractivity contribution is 7.89. The van der Waals surface area contributed by atoms with Gasteiger partial charge in [-0.05, 0) is 37.5 Å². The fourth-order valence-corrected chi connectivity index (χ4v) is 4.33. The van der Waals surface area contributed by atoms with E-state index in [1.165, 1.54) is 4.31 Å². The van der Waals surface area contributed by atoms with Crippen LogP contribution in [0.25, 0.3) is 0 Å². The van der Waals surface area contributed by atoms with Crippen molar-refractivity contribution in [1.82, 2.24) is 9.62 Å². The van der Waals surface area contributed by atoms with Gasteiger partial charge in [0.05, 0.1) is 5.75 Å². The van der Waals surface area contributed by atoms with Crippen LogP contribution in [0.15, 0.2) is 18.2 Å². The summed E-state index contributed by atoms with van der Waals surface area (Å²) in [6.45, 7) is 1.63. The third-order valence-electron chi connectivity index (χ3n) is 3.96. The SMILES string of the molecule is O=C(NCCCN1CCCCS1(=O)=O)c1ccc2c(c1)OCO2. The van der Waals surface area contributed by atoms with E-state index >= 15 is 0 Å². The molecule has 0 unspecified atom stereocenters. The van der Waals surface area contributed by atoms with E-state index in [0.29, 0.717) is 43.1 Å². The van der Waals surface area contributed by atoms with Gasteiger partial charge in [0.25, 0.3) is 5.91 Å². The van der Waals surface area contributed by atoms with Crippen molar-refractivity contribution in [1.29, 1.82) is 0 Å². The molecule has 126 valence electrons. The molecule has 2 heterocycles. The second-order valence-corrected chi connectivity index (χ2v) is 7.69. The van der Waals surface area contributed by atoms with Crippen molar-refractivity contribution in [3.8, 4) is 11.5 Å². The molecular weight excluding hydrogens is 320 g/mol. The first-order valence-electron chi connectivity index (χ1n) is 7.72. The Kier molecular flexibility index (Phi) is 4.72. The molecule has 1 saturated heterocycles. The molecule has 2 aliphatic rings. The number of carbonyl (C=O) groups excluding carboxylic acids is 1. The van der Waals surface area contributed by atoms with Crippen LogP contribution in [0, 0.1) is 0 Å². The number of nitrogens with one attached hydrogen (secondary N) is 1. The lowest BCUT2D eigenvalue weighted by molar-refractivity contribution is 0.0952. The van der Waals surface area contributed by atoms with Gasteiger partial charge in [0.15, 0.2) is 11.5 Å². The Morgan fingerprint density at radius 1 is 1.22 bits per heavy atom. The zero-order valence-electron chi connectivity index (χ0n) is 12.8. The number of amides is 1. The Bertz CT molecular complexity index is 689. The van der Waals surface area contributed by atoms with E-state index in [2.05, 4.69) is 5.32 Å². The summed E-state index contributed by atoms with van der Waals surface area (Å²) in [7, 11) is -3.09. The topological polar surface area (TPSA) is 84.9 Å². The molecule has 0 radical (unpaired) electrons. The molecule has 1 aromatic carbocycles. The van der Waals surface area contributed by atoms with Crippen molar-refractivity contribution in [3.63, 3.8) is 0 Å². The van der Waals surface area contributed by atoms with Crippen LogP contribution in [0.5, 0.6) is 11.5 Å². The first-order chi connectivity index (χ1) is 11.1. The van der Waals surface area contributed by atoms with E-state index in [1.54, 1.807) is 18.2 Å². The van der Waals surface area contributed by atoms with Crippen molar-refractivity contribution in [2.75, 3.05) is 32.2 Å². The third-order valence-corrected chi connectivity index (χ3v) is 5.91. The molecule has 0 aromatic heterocycles. The summed E-state index contributed by atoms with van der Waals surface area (Å²) in [5.74, 6) is 1.23. The number of ether oxygens (including phenoxy) is 2. The Balaban J connectivity index is 1.46.